The van der Waals surface area contributed by atoms with Gasteiger partial charge in [-0.25, -0.2) is 4.98 Å². The summed E-state index contributed by atoms with van der Waals surface area (Å²) in [5.74, 6) is 0. The number of aromatic nitrogens is 1. The van der Waals surface area contributed by atoms with E-state index in [1.165, 1.54) is 31.3 Å². The highest BCUT2D eigenvalue weighted by atomic mass is 16.3. The molecule has 2 heterocycles. The number of hydrogen-bond donors (Lipinski definition) is 2. The molecule has 0 saturated carbocycles. The molecule has 4 heteroatoms. The van der Waals surface area contributed by atoms with Gasteiger partial charge in [-0.1, -0.05) is 6.07 Å². The zero-order valence-corrected chi connectivity index (χ0v) is 10.5. The zero-order chi connectivity index (χ0) is 12.2. The van der Waals surface area contributed by atoms with Gasteiger partial charge in [-0.15, -0.1) is 0 Å². The Hall–Kier alpha value is -1.39. The van der Waals surface area contributed by atoms with E-state index in [0.717, 1.165) is 30.6 Å². The Bertz CT molecular complexity index is 502. The maximum absolute atomic E-state index is 5.30. The van der Waals surface area contributed by atoms with Crippen LogP contribution in [0.1, 0.15) is 18.4 Å². The van der Waals surface area contributed by atoms with Crippen molar-refractivity contribution < 1.29 is 4.42 Å². The van der Waals surface area contributed by atoms with E-state index < -0.39 is 0 Å². The van der Waals surface area contributed by atoms with Gasteiger partial charge < -0.3 is 15.1 Å². The standard InChI is InChI=1S/C14H19N3O/c1-2-12(16-6-1)9-15-7-5-11-3-4-13-14(8-11)18-10-17-13/h3-4,8,10,12,15-16H,1-2,5-7,9H2. The van der Waals surface area contributed by atoms with Crippen LogP contribution in [0, 0.1) is 0 Å². The molecule has 1 fully saturated rings. The van der Waals surface area contributed by atoms with Crippen LogP contribution >= 0.6 is 0 Å². The van der Waals surface area contributed by atoms with Gasteiger partial charge in [0.05, 0.1) is 0 Å². The minimum absolute atomic E-state index is 0.668. The third-order valence-electron chi connectivity index (χ3n) is 3.54. The van der Waals surface area contributed by atoms with Gasteiger partial charge >= 0.3 is 0 Å². The number of nitrogens with one attached hydrogen (secondary N) is 2. The number of oxazole rings is 1. The lowest BCUT2D eigenvalue weighted by molar-refractivity contribution is 0.537. The normalized spacial score (nSPS) is 19.7. The van der Waals surface area contributed by atoms with Crippen molar-refractivity contribution in [2.24, 2.45) is 0 Å². The maximum atomic E-state index is 5.30. The predicted molar refractivity (Wildman–Crippen MR) is 71.6 cm³/mol. The molecular formula is C14H19N3O. The molecule has 1 aliphatic heterocycles. The predicted octanol–water partition coefficient (Wildman–Crippen LogP) is 1.71. The van der Waals surface area contributed by atoms with Crippen LogP contribution in [0.5, 0.6) is 0 Å². The topological polar surface area (TPSA) is 50.1 Å². The van der Waals surface area contributed by atoms with Crippen molar-refractivity contribution in [3.05, 3.63) is 30.2 Å². The lowest BCUT2D eigenvalue weighted by Crippen LogP contribution is -2.34. The largest absolute Gasteiger partial charge is 0.443 e. The maximum Gasteiger partial charge on any atom is 0.181 e. The van der Waals surface area contributed by atoms with E-state index in [-0.39, 0.29) is 0 Å². The fraction of sp³-hybridized carbons (Fsp3) is 0.500. The number of fused-ring (bicyclic) bond motifs is 1. The second-order valence-electron chi connectivity index (χ2n) is 4.90. The molecule has 1 saturated heterocycles. The Morgan fingerprint density at radius 3 is 3.33 bits per heavy atom. The molecule has 1 unspecified atom stereocenters. The van der Waals surface area contributed by atoms with Crippen LogP contribution in [0.15, 0.2) is 29.0 Å². The van der Waals surface area contributed by atoms with E-state index in [4.69, 9.17) is 4.42 Å². The highest BCUT2D eigenvalue weighted by Gasteiger charge is 2.12. The molecule has 0 amide bonds. The summed E-state index contributed by atoms with van der Waals surface area (Å²) in [6, 6.07) is 6.90. The minimum atomic E-state index is 0.668. The number of nitrogens with zero attached hydrogens (tertiary/aromatic N) is 1. The lowest BCUT2D eigenvalue weighted by Gasteiger charge is -2.11. The van der Waals surface area contributed by atoms with Crippen LogP contribution in [-0.2, 0) is 6.42 Å². The molecule has 0 aliphatic carbocycles. The molecule has 96 valence electrons. The van der Waals surface area contributed by atoms with Crippen molar-refractivity contribution >= 4 is 11.1 Å². The first-order chi connectivity index (χ1) is 8.92. The Kier molecular flexibility index (Phi) is 3.57. The SMILES string of the molecule is c1nc2ccc(CCNCC3CCCN3)cc2o1. The average molecular weight is 245 g/mol. The molecule has 0 radical (unpaired) electrons. The van der Waals surface area contributed by atoms with Crippen molar-refractivity contribution in [2.75, 3.05) is 19.6 Å². The minimum Gasteiger partial charge on any atom is -0.443 e. The van der Waals surface area contributed by atoms with E-state index in [1.54, 1.807) is 0 Å². The van der Waals surface area contributed by atoms with Crippen LogP contribution in [0.25, 0.3) is 11.1 Å². The Morgan fingerprint density at radius 2 is 2.44 bits per heavy atom. The fourth-order valence-electron chi connectivity index (χ4n) is 2.49. The van der Waals surface area contributed by atoms with Crippen molar-refractivity contribution in [1.82, 2.24) is 15.6 Å². The molecule has 4 nitrogen and oxygen atoms in total. The van der Waals surface area contributed by atoms with E-state index in [2.05, 4.69) is 27.8 Å². The first-order valence-electron chi connectivity index (χ1n) is 6.68. The van der Waals surface area contributed by atoms with E-state index in [9.17, 15) is 0 Å². The van der Waals surface area contributed by atoms with Crippen LogP contribution in [0.3, 0.4) is 0 Å². The van der Waals surface area contributed by atoms with Gasteiger partial charge in [-0.3, -0.25) is 0 Å². The van der Waals surface area contributed by atoms with Crippen molar-refractivity contribution in [3.8, 4) is 0 Å². The summed E-state index contributed by atoms with van der Waals surface area (Å²) in [5.41, 5.74) is 3.11. The van der Waals surface area contributed by atoms with Gasteiger partial charge in [0.2, 0.25) is 0 Å². The summed E-state index contributed by atoms with van der Waals surface area (Å²) in [5, 5.41) is 7.00. The first-order valence-corrected chi connectivity index (χ1v) is 6.68. The van der Waals surface area contributed by atoms with Crippen LogP contribution in [0.4, 0.5) is 0 Å². The Morgan fingerprint density at radius 1 is 1.44 bits per heavy atom. The number of hydrogen-bond acceptors (Lipinski definition) is 4. The number of rotatable bonds is 5. The second-order valence-corrected chi connectivity index (χ2v) is 4.90. The van der Waals surface area contributed by atoms with Crippen LogP contribution in [-0.4, -0.2) is 30.7 Å². The van der Waals surface area contributed by atoms with Gasteiger partial charge in [0, 0.05) is 12.6 Å². The summed E-state index contributed by atoms with van der Waals surface area (Å²) in [6.07, 6.45) is 5.15. The molecule has 0 spiro atoms. The summed E-state index contributed by atoms with van der Waals surface area (Å²) < 4.78 is 5.30. The van der Waals surface area contributed by atoms with Gasteiger partial charge in [0.15, 0.2) is 12.0 Å². The van der Waals surface area contributed by atoms with Gasteiger partial charge in [0.1, 0.15) is 5.52 Å². The fourth-order valence-corrected chi connectivity index (χ4v) is 2.49. The smallest absolute Gasteiger partial charge is 0.181 e. The number of benzene rings is 1. The van der Waals surface area contributed by atoms with Gasteiger partial charge in [-0.2, -0.15) is 0 Å². The summed E-state index contributed by atoms with van der Waals surface area (Å²) >= 11 is 0. The third kappa shape index (κ3) is 2.71. The third-order valence-corrected chi connectivity index (χ3v) is 3.54. The summed E-state index contributed by atoms with van der Waals surface area (Å²) in [4.78, 5) is 4.12. The first kappa shape index (κ1) is 11.7. The molecule has 0 bridgehead atoms. The summed E-state index contributed by atoms with van der Waals surface area (Å²) in [6.45, 7) is 3.26. The van der Waals surface area contributed by atoms with Crippen LogP contribution < -0.4 is 10.6 Å². The summed E-state index contributed by atoms with van der Waals surface area (Å²) in [7, 11) is 0. The van der Waals surface area contributed by atoms with Crippen molar-refractivity contribution in [1.29, 1.82) is 0 Å². The van der Waals surface area contributed by atoms with E-state index in [0.29, 0.717) is 6.04 Å². The molecule has 1 atom stereocenters. The quantitative estimate of drug-likeness (QED) is 0.787. The van der Waals surface area contributed by atoms with Crippen LogP contribution in [0.2, 0.25) is 0 Å². The van der Waals surface area contributed by atoms with Gasteiger partial charge in [0.25, 0.3) is 0 Å². The lowest BCUT2D eigenvalue weighted by atomic mass is 10.1. The molecule has 1 aliphatic rings. The molecule has 1 aromatic carbocycles. The Labute approximate surface area is 107 Å². The van der Waals surface area contributed by atoms with Crippen molar-refractivity contribution in [2.45, 2.75) is 25.3 Å². The average Bonchev–Trinajstić information content (AvgIpc) is 3.05. The highest BCUT2D eigenvalue weighted by molar-refractivity contribution is 5.72. The van der Waals surface area contributed by atoms with Crippen molar-refractivity contribution in [3.63, 3.8) is 0 Å². The second kappa shape index (κ2) is 5.50. The molecule has 18 heavy (non-hydrogen) atoms. The van der Waals surface area contributed by atoms with E-state index >= 15 is 0 Å². The van der Waals surface area contributed by atoms with Gasteiger partial charge in [-0.05, 0) is 50.0 Å². The molecule has 2 aromatic rings. The Balaban J connectivity index is 1.47. The molecular weight excluding hydrogens is 226 g/mol. The highest BCUT2D eigenvalue weighted by Crippen LogP contribution is 2.14. The van der Waals surface area contributed by atoms with E-state index in [1.807, 2.05) is 6.07 Å². The zero-order valence-electron chi connectivity index (χ0n) is 10.5. The molecule has 1 aromatic heterocycles. The monoisotopic (exact) mass is 245 g/mol. The molecule has 3 rings (SSSR count). The molecule has 2 N–H and O–H groups in total.